The van der Waals surface area contributed by atoms with Crippen molar-refractivity contribution >= 4 is 6.29 Å². The maximum atomic E-state index is 11.0. The van der Waals surface area contributed by atoms with Gasteiger partial charge in [-0.1, -0.05) is 6.92 Å². The highest BCUT2D eigenvalue weighted by Gasteiger charge is 2.12. The van der Waals surface area contributed by atoms with Crippen molar-refractivity contribution in [3.63, 3.8) is 0 Å². The van der Waals surface area contributed by atoms with Gasteiger partial charge in [-0.25, -0.2) is 4.98 Å². The van der Waals surface area contributed by atoms with Gasteiger partial charge in [0.1, 0.15) is 11.4 Å². The van der Waals surface area contributed by atoms with Crippen molar-refractivity contribution in [2.24, 2.45) is 7.05 Å². The summed E-state index contributed by atoms with van der Waals surface area (Å²) in [6.07, 6.45) is 3.31. The van der Waals surface area contributed by atoms with E-state index >= 15 is 0 Å². The maximum absolute atomic E-state index is 11.0. The van der Waals surface area contributed by atoms with Crippen LogP contribution in [0.25, 0.3) is 11.3 Å². The van der Waals surface area contributed by atoms with E-state index in [0.29, 0.717) is 5.69 Å². The molecule has 0 saturated heterocycles. The molecule has 0 bridgehead atoms. The zero-order valence-corrected chi connectivity index (χ0v) is 10.8. The Morgan fingerprint density at radius 2 is 2.22 bits per heavy atom. The third kappa shape index (κ3) is 2.01. The summed E-state index contributed by atoms with van der Waals surface area (Å²) in [5.74, 6) is 0.871. The van der Waals surface area contributed by atoms with Crippen LogP contribution in [0.3, 0.4) is 0 Å². The van der Waals surface area contributed by atoms with Gasteiger partial charge in [0, 0.05) is 12.6 Å². The van der Waals surface area contributed by atoms with E-state index in [9.17, 15) is 4.79 Å². The van der Waals surface area contributed by atoms with Crippen molar-refractivity contribution in [2.45, 2.75) is 13.3 Å². The lowest BCUT2D eigenvalue weighted by Crippen LogP contribution is -1.96. The van der Waals surface area contributed by atoms with Crippen LogP contribution in [-0.4, -0.2) is 22.9 Å². The Kier molecular flexibility index (Phi) is 3.46. The highest BCUT2D eigenvalue weighted by Crippen LogP contribution is 2.28. The number of carbonyl (C=O) groups excluding carboxylic acids is 1. The third-order valence-electron chi connectivity index (χ3n) is 3.01. The molecular formula is C14H16N2O2. The summed E-state index contributed by atoms with van der Waals surface area (Å²) in [5, 5.41) is 0. The molecule has 0 unspecified atom stereocenters. The Hall–Kier alpha value is -2.10. The first-order valence-corrected chi connectivity index (χ1v) is 5.85. The third-order valence-corrected chi connectivity index (χ3v) is 3.01. The molecular weight excluding hydrogens is 228 g/mol. The van der Waals surface area contributed by atoms with Crippen molar-refractivity contribution in [1.29, 1.82) is 0 Å². The molecule has 0 amide bonds. The monoisotopic (exact) mass is 244 g/mol. The standard InChI is InChI=1S/C14H16N2O2/c1-4-10-7-11(5-6-13(10)18-3)14-12(8-17)15-9-16(14)2/h5-9H,4H2,1-3H3. The van der Waals surface area contributed by atoms with Crippen molar-refractivity contribution in [1.82, 2.24) is 9.55 Å². The van der Waals surface area contributed by atoms with E-state index in [0.717, 1.165) is 35.3 Å². The molecule has 0 aliphatic rings. The summed E-state index contributed by atoms with van der Waals surface area (Å²) in [6, 6.07) is 5.92. The number of carbonyl (C=O) groups is 1. The molecule has 0 radical (unpaired) electrons. The number of methoxy groups -OCH3 is 1. The van der Waals surface area contributed by atoms with Gasteiger partial charge in [0.05, 0.1) is 19.1 Å². The molecule has 1 aromatic carbocycles. The molecule has 1 heterocycles. The lowest BCUT2D eigenvalue weighted by molar-refractivity contribution is 0.112. The lowest BCUT2D eigenvalue weighted by atomic mass is 10.0. The first kappa shape index (κ1) is 12.4. The number of nitrogens with zero attached hydrogens (tertiary/aromatic N) is 2. The van der Waals surface area contributed by atoms with E-state index < -0.39 is 0 Å². The minimum absolute atomic E-state index is 0.463. The summed E-state index contributed by atoms with van der Waals surface area (Å²) in [5.41, 5.74) is 3.40. The van der Waals surface area contributed by atoms with E-state index in [1.165, 1.54) is 0 Å². The molecule has 0 aliphatic carbocycles. The molecule has 0 N–H and O–H groups in total. The van der Waals surface area contributed by atoms with Gasteiger partial charge in [-0.2, -0.15) is 0 Å². The molecule has 4 heteroatoms. The fourth-order valence-electron chi connectivity index (χ4n) is 2.09. The Balaban J connectivity index is 2.57. The van der Waals surface area contributed by atoms with Crippen LogP contribution >= 0.6 is 0 Å². The van der Waals surface area contributed by atoms with Crippen molar-refractivity contribution in [3.05, 3.63) is 35.8 Å². The van der Waals surface area contributed by atoms with Crippen LogP contribution in [0.5, 0.6) is 5.75 Å². The summed E-state index contributed by atoms with van der Waals surface area (Å²) in [4.78, 5) is 15.1. The number of hydrogen-bond donors (Lipinski definition) is 0. The van der Waals surface area contributed by atoms with Gasteiger partial charge in [-0.05, 0) is 30.2 Å². The Morgan fingerprint density at radius 3 is 2.83 bits per heavy atom. The van der Waals surface area contributed by atoms with Crippen molar-refractivity contribution in [2.75, 3.05) is 7.11 Å². The normalized spacial score (nSPS) is 10.4. The predicted molar refractivity (Wildman–Crippen MR) is 70.0 cm³/mol. The van der Waals surface area contributed by atoms with Gasteiger partial charge in [-0.3, -0.25) is 4.79 Å². The minimum atomic E-state index is 0.463. The topological polar surface area (TPSA) is 44.1 Å². The zero-order valence-electron chi connectivity index (χ0n) is 10.8. The molecule has 1 aromatic heterocycles. The number of aryl methyl sites for hydroxylation is 2. The van der Waals surface area contributed by atoms with Gasteiger partial charge in [0.25, 0.3) is 0 Å². The number of aromatic nitrogens is 2. The quantitative estimate of drug-likeness (QED) is 0.776. The Bertz CT molecular complexity index is 573. The number of benzene rings is 1. The molecule has 0 atom stereocenters. The van der Waals surface area contributed by atoms with Crippen LogP contribution in [0.1, 0.15) is 23.0 Å². The van der Waals surface area contributed by atoms with Gasteiger partial charge < -0.3 is 9.30 Å². The molecule has 0 saturated carbocycles. The number of aldehydes is 1. The molecule has 18 heavy (non-hydrogen) atoms. The van der Waals surface area contributed by atoms with Gasteiger partial charge in [0.2, 0.25) is 0 Å². The van der Waals surface area contributed by atoms with Gasteiger partial charge in [0.15, 0.2) is 6.29 Å². The minimum Gasteiger partial charge on any atom is -0.496 e. The van der Waals surface area contributed by atoms with Crippen LogP contribution in [0.15, 0.2) is 24.5 Å². The van der Waals surface area contributed by atoms with E-state index in [1.807, 2.05) is 29.8 Å². The molecule has 2 aromatic rings. The van der Waals surface area contributed by atoms with Crippen LogP contribution in [0, 0.1) is 0 Å². The fraction of sp³-hybridized carbons (Fsp3) is 0.286. The highest BCUT2D eigenvalue weighted by atomic mass is 16.5. The first-order chi connectivity index (χ1) is 8.71. The summed E-state index contributed by atoms with van der Waals surface area (Å²) < 4.78 is 7.16. The van der Waals surface area contributed by atoms with E-state index in [-0.39, 0.29) is 0 Å². The average Bonchev–Trinajstić information content (AvgIpc) is 2.79. The molecule has 2 rings (SSSR count). The van der Waals surface area contributed by atoms with E-state index in [2.05, 4.69) is 11.9 Å². The Labute approximate surface area is 106 Å². The second-order valence-corrected chi connectivity index (χ2v) is 4.09. The summed E-state index contributed by atoms with van der Waals surface area (Å²) in [7, 11) is 3.54. The van der Waals surface area contributed by atoms with Crippen molar-refractivity contribution in [3.8, 4) is 17.0 Å². The van der Waals surface area contributed by atoms with Crippen molar-refractivity contribution < 1.29 is 9.53 Å². The van der Waals surface area contributed by atoms with E-state index in [1.54, 1.807) is 13.4 Å². The molecule has 4 nitrogen and oxygen atoms in total. The summed E-state index contributed by atoms with van der Waals surface area (Å²) in [6.45, 7) is 2.07. The first-order valence-electron chi connectivity index (χ1n) is 5.85. The number of ether oxygens (including phenoxy) is 1. The highest BCUT2D eigenvalue weighted by molar-refractivity contribution is 5.84. The van der Waals surface area contributed by atoms with E-state index in [4.69, 9.17) is 4.74 Å². The molecule has 94 valence electrons. The predicted octanol–water partition coefficient (Wildman–Crippen LogP) is 2.47. The second-order valence-electron chi connectivity index (χ2n) is 4.09. The fourth-order valence-corrected chi connectivity index (χ4v) is 2.09. The average molecular weight is 244 g/mol. The number of imidazole rings is 1. The molecule has 0 fully saturated rings. The van der Waals surface area contributed by atoms with Gasteiger partial charge >= 0.3 is 0 Å². The largest absolute Gasteiger partial charge is 0.496 e. The van der Waals surface area contributed by atoms with Crippen LogP contribution in [0.4, 0.5) is 0 Å². The van der Waals surface area contributed by atoms with Gasteiger partial charge in [-0.15, -0.1) is 0 Å². The maximum Gasteiger partial charge on any atom is 0.170 e. The smallest absolute Gasteiger partial charge is 0.170 e. The number of hydrogen-bond acceptors (Lipinski definition) is 3. The van der Waals surface area contributed by atoms with Crippen LogP contribution in [0.2, 0.25) is 0 Å². The van der Waals surface area contributed by atoms with Crippen LogP contribution in [-0.2, 0) is 13.5 Å². The zero-order chi connectivity index (χ0) is 13.1. The Morgan fingerprint density at radius 1 is 1.44 bits per heavy atom. The molecule has 0 spiro atoms. The lowest BCUT2D eigenvalue weighted by Gasteiger charge is -2.10. The summed E-state index contributed by atoms with van der Waals surface area (Å²) >= 11 is 0. The number of rotatable bonds is 4. The van der Waals surface area contributed by atoms with Crippen LogP contribution < -0.4 is 4.74 Å². The second kappa shape index (κ2) is 5.04. The molecule has 0 aliphatic heterocycles. The SMILES string of the molecule is CCc1cc(-c2c(C=O)ncn2C)ccc1OC.